The molecule has 1 N–H and O–H groups in total. The SMILES string of the molecule is Oc1ccc2c(c1OC1=NCCO1)=NCN=2. The van der Waals surface area contributed by atoms with Crippen LogP contribution in [-0.4, -0.2) is 31.0 Å². The van der Waals surface area contributed by atoms with E-state index in [0.717, 1.165) is 0 Å². The average Bonchev–Trinajstić information content (AvgIpc) is 2.92. The van der Waals surface area contributed by atoms with E-state index in [-0.39, 0.29) is 17.6 Å². The summed E-state index contributed by atoms with van der Waals surface area (Å²) in [5, 5.41) is 11.0. The number of aromatic hydroxyl groups is 1. The molecule has 0 unspecified atom stereocenters. The van der Waals surface area contributed by atoms with Crippen LogP contribution < -0.4 is 15.5 Å². The van der Waals surface area contributed by atoms with Crippen molar-refractivity contribution in [1.29, 1.82) is 0 Å². The summed E-state index contributed by atoms with van der Waals surface area (Å²) in [6.07, 6.45) is 0.172. The third-order valence-electron chi connectivity index (χ3n) is 2.31. The Morgan fingerprint density at radius 3 is 3.00 bits per heavy atom. The maximum absolute atomic E-state index is 9.70. The van der Waals surface area contributed by atoms with Crippen LogP contribution in [0, 0.1) is 0 Å². The number of aliphatic imine (C=N–C) groups is 1. The van der Waals surface area contributed by atoms with Gasteiger partial charge in [0.15, 0.2) is 5.75 Å². The maximum Gasteiger partial charge on any atom is 0.389 e. The van der Waals surface area contributed by atoms with Crippen molar-refractivity contribution in [3.63, 3.8) is 0 Å². The van der Waals surface area contributed by atoms with Gasteiger partial charge in [0.05, 0.1) is 11.9 Å². The molecule has 0 amide bonds. The minimum absolute atomic E-state index is 0.0119. The summed E-state index contributed by atoms with van der Waals surface area (Å²) in [7, 11) is 0. The Bertz CT molecular complexity index is 580. The third-order valence-corrected chi connectivity index (χ3v) is 2.31. The molecule has 6 heteroatoms. The van der Waals surface area contributed by atoms with Crippen LogP contribution in [-0.2, 0) is 4.74 Å². The van der Waals surface area contributed by atoms with Crippen molar-refractivity contribution in [3.8, 4) is 11.5 Å². The highest BCUT2D eigenvalue weighted by molar-refractivity contribution is 5.72. The molecule has 0 atom stereocenters. The lowest BCUT2D eigenvalue weighted by molar-refractivity contribution is 0.268. The van der Waals surface area contributed by atoms with Gasteiger partial charge in [-0.2, -0.15) is 0 Å². The maximum atomic E-state index is 9.70. The molecule has 0 saturated carbocycles. The number of phenols is 1. The molecule has 2 heterocycles. The van der Waals surface area contributed by atoms with Gasteiger partial charge in [-0.1, -0.05) is 0 Å². The number of fused-ring (bicyclic) bond motifs is 1. The Hall–Kier alpha value is -2.11. The van der Waals surface area contributed by atoms with E-state index >= 15 is 0 Å². The predicted molar refractivity (Wildman–Crippen MR) is 54.2 cm³/mol. The number of hydrogen-bond donors (Lipinski definition) is 1. The summed E-state index contributed by atoms with van der Waals surface area (Å²) < 4.78 is 10.5. The zero-order valence-electron chi connectivity index (χ0n) is 8.38. The van der Waals surface area contributed by atoms with Crippen LogP contribution in [0.4, 0.5) is 0 Å². The molecule has 1 aromatic rings. The number of benzene rings is 1. The van der Waals surface area contributed by atoms with Gasteiger partial charge >= 0.3 is 6.08 Å². The van der Waals surface area contributed by atoms with E-state index in [1.165, 1.54) is 6.07 Å². The molecule has 0 saturated heterocycles. The van der Waals surface area contributed by atoms with Crippen LogP contribution in [0.1, 0.15) is 0 Å². The first-order chi connectivity index (χ1) is 7.84. The molecule has 2 aliphatic heterocycles. The molecule has 1 aromatic carbocycles. The Labute approximate surface area is 90.6 Å². The summed E-state index contributed by atoms with van der Waals surface area (Å²) in [6.45, 7) is 1.45. The van der Waals surface area contributed by atoms with Crippen LogP contribution in [0.2, 0.25) is 0 Å². The fourth-order valence-corrected chi connectivity index (χ4v) is 1.58. The summed E-state index contributed by atoms with van der Waals surface area (Å²) in [6, 6.07) is 3.22. The average molecular weight is 219 g/mol. The van der Waals surface area contributed by atoms with E-state index < -0.39 is 0 Å². The standard InChI is InChI=1S/C10H9N3O3/c14-7-2-1-6-8(13-5-12-6)9(7)16-10-11-3-4-15-10/h1-2,14H,3-5H2. The Morgan fingerprint density at radius 2 is 2.19 bits per heavy atom. The topological polar surface area (TPSA) is 75.8 Å². The van der Waals surface area contributed by atoms with Crippen LogP contribution in [0.3, 0.4) is 0 Å². The molecular formula is C10H9N3O3. The molecule has 0 aromatic heterocycles. The zero-order chi connectivity index (χ0) is 11.0. The van der Waals surface area contributed by atoms with E-state index in [0.29, 0.717) is 30.5 Å². The lowest BCUT2D eigenvalue weighted by Gasteiger charge is -2.05. The second-order valence-corrected chi connectivity index (χ2v) is 3.34. The summed E-state index contributed by atoms with van der Waals surface area (Å²) in [5.74, 6) is 0.275. The highest BCUT2D eigenvalue weighted by Crippen LogP contribution is 2.20. The van der Waals surface area contributed by atoms with E-state index in [2.05, 4.69) is 15.0 Å². The molecule has 0 radical (unpaired) electrons. The molecule has 2 aliphatic rings. The van der Waals surface area contributed by atoms with Crippen LogP contribution >= 0.6 is 0 Å². The monoisotopic (exact) mass is 219 g/mol. The highest BCUT2D eigenvalue weighted by Gasteiger charge is 2.16. The summed E-state index contributed by atoms with van der Waals surface area (Å²) in [5.41, 5.74) is 0. The summed E-state index contributed by atoms with van der Waals surface area (Å²) >= 11 is 0. The van der Waals surface area contributed by atoms with Crippen molar-refractivity contribution in [1.82, 2.24) is 0 Å². The second kappa shape index (κ2) is 3.48. The summed E-state index contributed by atoms with van der Waals surface area (Å²) in [4.78, 5) is 12.3. The first-order valence-corrected chi connectivity index (χ1v) is 4.90. The predicted octanol–water partition coefficient (Wildman–Crippen LogP) is -0.633. The molecule has 6 nitrogen and oxygen atoms in total. The lowest BCUT2D eigenvalue weighted by Crippen LogP contribution is -2.25. The number of nitrogens with zero attached hydrogens (tertiary/aromatic N) is 3. The molecule has 0 fully saturated rings. The van der Waals surface area contributed by atoms with Crippen LogP contribution in [0.5, 0.6) is 11.5 Å². The Kier molecular flexibility index (Phi) is 1.99. The number of rotatable bonds is 1. The van der Waals surface area contributed by atoms with Crippen molar-refractivity contribution in [2.75, 3.05) is 19.8 Å². The molecule has 0 spiro atoms. The highest BCUT2D eigenvalue weighted by atomic mass is 16.7. The largest absolute Gasteiger partial charge is 0.504 e. The number of phenolic OH excluding ortho intramolecular Hbond substituents is 1. The van der Waals surface area contributed by atoms with Crippen molar-refractivity contribution < 1.29 is 14.6 Å². The van der Waals surface area contributed by atoms with Gasteiger partial charge in [0, 0.05) is 0 Å². The first kappa shape index (κ1) is 9.14. The van der Waals surface area contributed by atoms with E-state index in [9.17, 15) is 5.11 Å². The fraction of sp³-hybridized carbons (Fsp3) is 0.300. The number of ether oxygens (including phenoxy) is 2. The Morgan fingerprint density at radius 1 is 1.25 bits per heavy atom. The van der Waals surface area contributed by atoms with Gasteiger partial charge < -0.3 is 14.6 Å². The molecule has 82 valence electrons. The minimum Gasteiger partial charge on any atom is -0.504 e. The van der Waals surface area contributed by atoms with E-state index in [4.69, 9.17) is 9.47 Å². The van der Waals surface area contributed by atoms with E-state index in [1.807, 2.05) is 0 Å². The Balaban J connectivity index is 2.07. The van der Waals surface area contributed by atoms with Gasteiger partial charge in [0.25, 0.3) is 0 Å². The fourth-order valence-electron chi connectivity index (χ4n) is 1.58. The molecular weight excluding hydrogens is 210 g/mol. The van der Waals surface area contributed by atoms with Gasteiger partial charge in [-0.25, -0.2) is 4.99 Å². The third kappa shape index (κ3) is 1.39. The smallest absolute Gasteiger partial charge is 0.389 e. The molecule has 3 rings (SSSR count). The normalized spacial score (nSPS) is 16.9. The quantitative estimate of drug-likeness (QED) is 0.683. The van der Waals surface area contributed by atoms with Crippen molar-refractivity contribution in [3.05, 3.63) is 22.8 Å². The van der Waals surface area contributed by atoms with Crippen molar-refractivity contribution in [2.24, 2.45) is 15.0 Å². The van der Waals surface area contributed by atoms with Gasteiger partial charge in [-0.3, -0.25) is 9.98 Å². The van der Waals surface area contributed by atoms with Crippen molar-refractivity contribution >= 4 is 6.08 Å². The zero-order valence-corrected chi connectivity index (χ0v) is 8.38. The van der Waals surface area contributed by atoms with Gasteiger partial charge in [0.2, 0.25) is 5.75 Å². The second-order valence-electron chi connectivity index (χ2n) is 3.34. The molecule has 0 bridgehead atoms. The van der Waals surface area contributed by atoms with Gasteiger partial charge in [0.1, 0.15) is 18.6 Å². The minimum atomic E-state index is 0.0119. The lowest BCUT2D eigenvalue weighted by atomic mass is 10.3. The first-order valence-electron chi connectivity index (χ1n) is 4.90. The van der Waals surface area contributed by atoms with Crippen molar-refractivity contribution in [2.45, 2.75) is 0 Å². The number of hydrogen-bond acceptors (Lipinski definition) is 6. The molecule has 0 aliphatic carbocycles. The molecule has 16 heavy (non-hydrogen) atoms. The van der Waals surface area contributed by atoms with Gasteiger partial charge in [-0.15, -0.1) is 0 Å². The van der Waals surface area contributed by atoms with Gasteiger partial charge in [-0.05, 0) is 12.1 Å². The van der Waals surface area contributed by atoms with Crippen LogP contribution in [0.25, 0.3) is 0 Å². The van der Waals surface area contributed by atoms with Crippen LogP contribution in [0.15, 0.2) is 27.1 Å². The van der Waals surface area contributed by atoms with E-state index in [1.54, 1.807) is 6.07 Å².